The molecule has 0 aliphatic carbocycles. The fourth-order valence-corrected chi connectivity index (χ4v) is 4.88. The number of nitrogens with zero attached hydrogens (tertiary/aromatic N) is 3. The van der Waals surface area contributed by atoms with Crippen LogP contribution in [-0.2, 0) is 0 Å². The summed E-state index contributed by atoms with van der Waals surface area (Å²) in [5.41, 5.74) is 0.918. The van der Waals surface area contributed by atoms with Crippen LogP contribution < -0.4 is 0 Å². The number of carbonyl (C=O) groups is 1. The highest BCUT2D eigenvalue weighted by molar-refractivity contribution is 7.98. The van der Waals surface area contributed by atoms with E-state index in [0.717, 1.165) is 37.9 Å². The van der Waals surface area contributed by atoms with Crippen LogP contribution in [0.5, 0.6) is 5.75 Å². The number of fused-ring (bicyclic) bond motifs is 1. The van der Waals surface area contributed by atoms with E-state index in [-0.39, 0.29) is 11.7 Å². The van der Waals surface area contributed by atoms with E-state index in [1.54, 1.807) is 0 Å². The second-order valence-electron chi connectivity index (χ2n) is 6.24. The van der Waals surface area contributed by atoms with Gasteiger partial charge in [-0.3, -0.25) is 4.79 Å². The number of hydrogen-bond donors (Lipinski definition) is 1. The molecule has 3 aromatic rings. The van der Waals surface area contributed by atoms with Gasteiger partial charge in [-0.1, -0.05) is 30.3 Å². The fraction of sp³-hybridized carbons (Fsp3) is 0.316. The number of carbonyl (C=O) groups excluding carboxylic acids is 1. The summed E-state index contributed by atoms with van der Waals surface area (Å²) in [6, 6.07) is 9.75. The molecule has 26 heavy (non-hydrogen) atoms. The van der Waals surface area contributed by atoms with Crippen molar-refractivity contribution in [1.82, 2.24) is 14.9 Å². The molecule has 1 aliphatic heterocycles. The number of hydrogen-bond acceptors (Lipinski definition) is 6. The molecule has 0 unspecified atom stereocenters. The van der Waals surface area contributed by atoms with E-state index >= 15 is 0 Å². The number of benzene rings is 1. The van der Waals surface area contributed by atoms with Crippen molar-refractivity contribution in [2.24, 2.45) is 0 Å². The summed E-state index contributed by atoms with van der Waals surface area (Å²) in [5, 5.41) is 12.0. The van der Waals surface area contributed by atoms with Crippen molar-refractivity contribution in [3.05, 3.63) is 35.2 Å². The van der Waals surface area contributed by atoms with Crippen molar-refractivity contribution in [3.63, 3.8) is 0 Å². The summed E-state index contributed by atoms with van der Waals surface area (Å²) in [4.78, 5) is 25.0. The van der Waals surface area contributed by atoms with E-state index in [1.807, 2.05) is 41.5 Å². The Hall–Kier alpha value is -2.12. The van der Waals surface area contributed by atoms with Gasteiger partial charge in [0.2, 0.25) is 0 Å². The molecule has 2 aromatic heterocycles. The molecule has 1 amide bonds. The number of aromatic nitrogens is 2. The van der Waals surface area contributed by atoms with Gasteiger partial charge in [0.1, 0.15) is 14.7 Å². The van der Waals surface area contributed by atoms with E-state index < -0.39 is 0 Å². The zero-order chi connectivity index (χ0) is 18.1. The number of amides is 1. The van der Waals surface area contributed by atoms with Crippen LogP contribution in [0.1, 0.15) is 28.9 Å². The van der Waals surface area contributed by atoms with Crippen LogP contribution in [0.4, 0.5) is 0 Å². The molecule has 5 nitrogen and oxygen atoms in total. The minimum absolute atomic E-state index is 0.0181. The van der Waals surface area contributed by atoms with Crippen molar-refractivity contribution in [2.45, 2.75) is 24.3 Å². The zero-order valence-electron chi connectivity index (χ0n) is 14.4. The highest BCUT2D eigenvalue weighted by Crippen LogP contribution is 2.41. The van der Waals surface area contributed by atoms with Crippen LogP contribution in [0.3, 0.4) is 0 Å². The van der Waals surface area contributed by atoms with Crippen molar-refractivity contribution in [1.29, 1.82) is 0 Å². The number of piperidine rings is 1. The van der Waals surface area contributed by atoms with E-state index in [9.17, 15) is 9.90 Å². The van der Waals surface area contributed by atoms with Crippen LogP contribution in [-0.4, -0.2) is 45.2 Å². The highest BCUT2D eigenvalue weighted by atomic mass is 32.2. The lowest BCUT2D eigenvalue weighted by atomic mass is 10.1. The van der Waals surface area contributed by atoms with Crippen LogP contribution >= 0.6 is 23.1 Å². The van der Waals surface area contributed by atoms with Gasteiger partial charge in [0, 0.05) is 18.7 Å². The monoisotopic (exact) mass is 385 g/mol. The van der Waals surface area contributed by atoms with Crippen LogP contribution in [0.25, 0.3) is 21.6 Å². The zero-order valence-corrected chi connectivity index (χ0v) is 16.1. The molecule has 1 saturated heterocycles. The van der Waals surface area contributed by atoms with Gasteiger partial charge in [0.05, 0.1) is 5.39 Å². The third kappa shape index (κ3) is 3.05. The molecule has 0 spiro atoms. The Morgan fingerprint density at radius 2 is 1.88 bits per heavy atom. The molecule has 134 valence electrons. The Morgan fingerprint density at radius 1 is 1.15 bits per heavy atom. The van der Waals surface area contributed by atoms with Gasteiger partial charge in [0.25, 0.3) is 5.91 Å². The van der Waals surface area contributed by atoms with Crippen molar-refractivity contribution in [3.8, 4) is 17.1 Å². The van der Waals surface area contributed by atoms with Crippen molar-refractivity contribution < 1.29 is 9.90 Å². The topological polar surface area (TPSA) is 66.3 Å². The standard InChI is InChI=1S/C19H19N3O2S2/c1-25-17-13-14(23)15(19(24)22-10-6-3-7-11-22)26-18(13)21-16(20-17)12-8-4-2-5-9-12/h2,4-5,8-9,23H,3,6-7,10-11H2,1H3. The third-order valence-electron chi connectivity index (χ3n) is 4.56. The molecule has 4 rings (SSSR count). The Bertz CT molecular complexity index is 950. The SMILES string of the molecule is CSc1nc(-c2ccccc2)nc2sc(C(=O)N3CCCCC3)c(O)c12. The summed E-state index contributed by atoms with van der Waals surface area (Å²) >= 11 is 2.71. The van der Waals surface area contributed by atoms with Gasteiger partial charge in [0.15, 0.2) is 11.6 Å². The molecule has 1 N–H and O–H groups in total. The smallest absolute Gasteiger partial charge is 0.267 e. The Morgan fingerprint density at radius 3 is 2.58 bits per heavy atom. The number of likely N-dealkylation sites (tertiary alicyclic amines) is 1. The van der Waals surface area contributed by atoms with Crippen LogP contribution in [0, 0.1) is 0 Å². The van der Waals surface area contributed by atoms with Gasteiger partial charge < -0.3 is 10.0 Å². The van der Waals surface area contributed by atoms with Gasteiger partial charge >= 0.3 is 0 Å². The Labute approximate surface area is 160 Å². The maximum Gasteiger partial charge on any atom is 0.267 e. The lowest BCUT2D eigenvalue weighted by Crippen LogP contribution is -2.35. The molecule has 0 radical (unpaired) electrons. The van der Waals surface area contributed by atoms with E-state index in [2.05, 4.69) is 9.97 Å². The quantitative estimate of drug-likeness (QED) is 0.534. The van der Waals surface area contributed by atoms with Gasteiger partial charge in [-0.2, -0.15) is 0 Å². The number of aromatic hydroxyl groups is 1. The van der Waals surface area contributed by atoms with E-state index in [0.29, 0.717) is 25.9 Å². The Kier molecular flexibility index (Phi) is 4.82. The molecule has 7 heteroatoms. The lowest BCUT2D eigenvalue weighted by Gasteiger charge is -2.26. The number of rotatable bonds is 3. The predicted octanol–water partition coefficient (Wildman–Crippen LogP) is 4.41. The molecule has 0 atom stereocenters. The molecule has 1 aromatic carbocycles. The molecular weight excluding hydrogens is 366 g/mol. The van der Waals surface area contributed by atoms with Gasteiger partial charge in [-0.15, -0.1) is 23.1 Å². The first-order valence-corrected chi connectivity index (χ1v) is 10.7. The summed E-state index contributed by atoms with van der Waals surface area (Å²) in [6.07, 6.45) is 5.11. The summed E-state index contributed by atoms with van der Waals surface area (Å²) in [7, 11) is 0. The van der Waals surface area contributed by atoms with Crippen molar-refractivity contribution >= 4 is 39.2 Å². The summed E-state index contributed by atoms with van der Waals surface area (Å²) in [6.45, 7) is 1.51. The van der Waals surface area contributed by atoms with Crippen LogP contribution in [0.15, 0.2) is 35.4 Å². The first-order chi connectivity index (χ1) is 12.7. The molecular formula is C19H19N3O2S2. The molecule has 1 fully saturated rings. The first kappa shape index (κ1) is 17.3. The number of thioether (sulfide) groups is 1. The molecule has 0 bridgehead atoms. The predicted molar refractivity (Wildman–Crippen MR) is 106 cm³/mol. The fourth-order valence-electron chi connectivity index (χ4n) is 3.21. The van der Waals surface area contributed by atoms with E-state index in [1.165, 1.54) is 23.1 Å². The Balaban J connectivity index is 1.82. The molecule has 0 saturated carbocycles. The van der Waals surface area contributed by atoms with Gasteiger partial charge in [-0.05, 0) is 25.5 Å². The average molecular weight is 386 g/mol. The lowest BCUT2D eigenvalue weighted by molar-refractivity contribution is 0.0726. The normalized spacial score (nSPS) is 14.7. The minimum Gasteiger partial charge on any atom is -0.505 e. The molecule has 1 aliphatic rings. The maximum absolute atomic E-state index is 12.9. The summed E-state index contributed by atoms with van der Waals surface area (Å²) < 4.78 is 0. The minimum atomic E-state index is -0.0986. The highest BCUT2D eigenvalue weighted by Gasteiger charge is 2.27. The van der Waals surface area contributed by atoms with Gasteiger partial charge in [-0.25, -0.2) is 9.97 Å². The average Bonchev–Trinajstić information content (AvgIpc) is 3.04. The second kappa shape index (κ2) is 7.25. The second-order valence-corrected chi connectivity index (χ2v) is 8.03. The molecule has 3 heterocycles. The van der Waals surface area contributed by atoms with Crippen molar-refractivity contribution in [2.75, 3.05) is 19.3 Å². The number of thiophene rings is 1. The largest absolute Gasteiger partial charge is 0.505 e. The first-order valence-electron chi connectivity index (χ1n) is 8.61. The summed E-state index contributed by atoms with van der Waals surface area (Å²) in [5.74, 6) is 0.531. The third-order valence-corrected chi connectivity index (χ3v) is 6.30. The van der Waals surface area contributed by atoms with E-state index in [4.69, 9.17) is 0 Å². The van der Waals surface area contributed by atoms with Crippen LogP contribution in [0.2, 0.25) is 0 Å². The maximum atomic E-state index is 12.9.